The molecule has 30 heavy (non-hydrogen) atoms. The van der Waals surface area contributed by atoms with Gasteiger partial charge in [0.25, 0.3) is 5.91 Å². The van der Waals surface area contributed by atoms with E-state index in [4.69, 9.17) is 4.74 Å². The van der Waals surface area contributed by atoms with Crippen LogP contribution in [0.3, 0.4) is 0 Å². The van der Waals surface area contributed by atoms with E-state index in [1.807, 2.05) is 0 Å². The van der Waals surface area contributed by atoms with Crippen molar-refractivity contribution in [3.63, 3.8) is 0 Å². The molecule has 1 aromatic carbocycles. The highest BCUT2D eigenvalue weighted by molar-refractivity contribution is 7.89. The molecule has 0 aromatic heterocycles. The van der Waals surface area contributed by atoms with Gasteiger partial charge in [-0.3, -0.25) is 9.59 Å². The second kappa shape index (κ2) is 8.90. The zero-order chi connectivity index (χ0) is 21.9. The van der Waals surface area contributed by atoms with Crippen LogP contribution < -0.4 is 10.1 Å². The number of piperidine rings is 1. The Morgan fingerprint density at radius 2 is 1.67 bits per heavy atom. The third-order valence-electron chi connectivity index (χ3n) is 4.71. The highest BCUT2D eigenvalue weighted by atomic mass is 32.2. The van der Waals surface area contributed by atoms with Gasteiger partial charge in [0.05, 0.1) is 11.0 Å². The summed E-state index contributed by atoms with van der Waals surface area (Å²) < 4.78 is 72.4. The van der Waals surface area contributed by atoms with Crippen molar-refractivity contribution >= 4 is 21.7 Å². The third-order valence-corrected chi connectivity index (χ3v) is 6.62. The van der Waals surface area contributed by atoms with Gasteiger partial charge in [-0.2, -0.15) is 4.31 Å². The van der Waals surface area contributed by atoms with Gasteiger partial charge in [0.2, 0.25) is 15.8 Å². The Hall–Kier alpha value is -2.18. The van der Waals surface area contributed by atoms with E-state index in [0.717, 1.165) is 37.1 Å². The van der Waals surface area contributed by atoms with E-state index in [9.17, 15) is 31.2 Å². The van der Waals surface area contributed by atoms with Crippen LogP contribution in [0.15, 0.2) is 29.2 Å². The topological polar surface area (TPSA) is 102 Å². The Labute approximate surface area is 171 Å². The second-order valence-corrected chi connectivity index (χ2v) is 9.04. The Bertz CT molecular complexity index is 876. The third kappa shape index (κ3) is 6.16. The molecule has 1 aliphatic carbocycles. The van der Waals surface area contributed by atoms with Gasteiger partial charge in [-0.05, 0) is 49.9 Å². The number of alkyl halides is 3. The highest BCUT2D eigenvalue weighted by Crippen LogP contribution is 2.26. The molecule has 0 atom stereocenters. The lowest BCUT2D eigenvalue weighted by molar-refractivity contribution is -0.274. The summed E-state index contributed by atoms with van der Waals surface area (Å²) in [7, 11) is -3.89. The van der Waals surface area contributed by atoms with Gasteiger partial charge in [0.1, 0.15) is 12.4 Å². The highest BCUT2D eigenvalue weighted by Gasteiger charge is 2.33. The summed E-state index contributed by atoms with van der Waals surface area (Å²) in [6, 6.07) is 4.05. The van der Waals surface area contributed by atoms with Crippen molar-refractivity contribution in [2.45, 2.75) is 49.1 Å². The molecule has 1 aromatic rings. The quantitative estimate of drug-likeness (QED) is 0.604. The van der Waals surface area contributed by atoms with Crippen LogP contribution in [0.2, 0.25) is 0 Å². The fourth-order valence-corrected chi connectivity index (χ4v) is 4.42. The molecule has 1 heterocycles. The van der Waals surface area contributed by atoms with E-state index in [2.05, 4.69) is 10.1 Å². The van der Waals surface area contributed by atoms with Crippen LogP contribution in [0, 0.1) is 0 Å². The minimum atomic E-state index is -4.86. The van der Waals surface area contributed by atoms with Gasteiger partial charge >= 0.3 is 6.36 Å². The Balaban J connectivity index is 1.48. The van der Waals surface area contributed by atoms with Crippen molar-refractivity contribution in [2.75, 3.05) is 19.7 Å². The number of sulfonamides is 1. The molecule has 1 amide bonds. The molecule has 12 heteroatoms. The van der Waals surface area contributed by atoms with Crippen LogP contribution in [0.1, 0.15) is 25.7 Å². The van der Waals surface area contributed by atoms with E-state index >= 15 is 0 Å². The molecule has 0 bridgehead atoms. The second-order valence-electron chi connectivity index (χ2n) is 7.10. The molecule has 8 nitrogen and oxygen atoms in total. The first-order valence-electron chi connectivity index (χ1n) is 9.36. The number of carbonyl (C=O) groups excluding carboxylic acids is 2. The molecule has 2 aliphatic rings. The lowest BCUT2D eigenvalue weighted by Gasteiger charge is -2.31. The maximum Gasteiger partial charge on any atom is 0.573 e. The van der Waals surface area contributed by atoms with E-state index in [-0.39, 0.29) is 36.7 Å². The van der Waals surface area contributed by atoms with Crippen molar-refractivity contribution in [1.29, 1.82) is 0 Å². The number of ether oxygens (including phenoxy) is 2. The minimum absolute atomic E-state index is 0.0731. The van der Waals surface area contributed by atoms with Crippen LogP contribution in [-0.2, 0) is 24.3 Å². The van der Waals surface area contributed by atoms with Crippen molar-refractivity contribution in [3.8, 4) is 5.75 Å². The van der Waals surface area contributed by atoms with Crippen molar-refractivity contribution < 1.29 is 40.7 Å². The molecule has 1 aliphatic heterocycles. The Morgan fingerprint density at radius 1 is 1.07 bits per heavy atom. The number of ketones is 1. The van der Waals surface area contributed by atoms with Crippen LogP contribution in [0.4, 0.5) is 13.2 Å². The van der Waals surface area contributed by atoms with Gasteiger partial charge in [-0.1, -0.05) is 0 Å². The van der Waals surface area contributed by atoms with Crippen LogP contribution in [-0.4, -0.2) is 62.6 Å². The largest absolute Gasteiger partial charge is 0.573 e. The SMILES string of the molecule is O=C(COC1CCN(S(=O)(=O)c2ccc(OC(F)(F)F)cc2)CC1)C(=O)NC1CC1. The van der Waals surface area contributed by atoms with Crippen LogP contribution >= 0.6 is 0 Å². The van der Waals surface area contributed by atoms with Gasteiger partial charge < -0.3 is 14.8 Å². The molecule has 1 saturated heterocycles. The summed E-state index contributed by atoms with van der Waals surface area (Å²) in [4.78, 5) is 23.2. The van der Waals surface area contributed by atoms with E-state index in [1.165, 1.54) is 4.31 Å². The number of nitrogens with zero attached hydrogens (tertiary/aromatic N) is 1. The standard InChI is InChI=1S/C18H21F3N2O6S/c19-18(20,21)29-14-3-5-15(6-4-14)30(26,27)23-9-7-13(8-10-23)28-11-16(24)17(25)22-12-1-2-12/h3-6,12-13H,1-2,7-11H2,(H,22,25). The number of Topliss-reactive ketones (excluding diaryl/α,β-unsaturated/α-hetero) is 1. The average Bonchev–Trinajstić information content (AvgIpc) is 3.49. The molecule has 1 saturated carbocycles. The molecule has 0 unspecified atom stereocenters. The summed E-state index contributed by atoms with van der Waals surface area (Å²) in [6.45, 7) is -0.122. The lowest BCUT2D eigenvalue weighted by Crippen LogP contribution is -2.42. The predicted octanol–water partition coefficient (Wildman–Crippen LogP) is 1.60. The first kappa shape index (κ1) is 22.5. The first-order valence-corrected chi connectivity index (χ1v) is 10.8. The van der Waals surface area contributed by atoms with Gasteiger partial charge in [-0.15, -0.1) is 13.2 Å². The van der Waals surface area contributed by atoms with Gasteiger partial charge in [0, 0.05) is 19.1 Å². The molecular weight excluding hydrogens is 429 g/mol. The summed E-state index contributed by atoms with van der Waals surface area (Å²) in [6.07, 6.45) is -2.84. The smallest absolute Gasteiger partial charge is 0.406 e. The fourth-order valence-electron chi connectivity index (χ4n) is 2.95. The first-order chi connectivity index (χ1) is 14.0. The number of nitrogens with one attached hydrogen (secondary N) is 1. The number of rotatable bonds is 8. The minimum Gasteiger partial charge on any atom is -0.406 e. The Morgan fingerprint density at radius 3 is 2.20 bits per heavy atom. The van der Waals surface area contributed by atoms with Crippen molar-refractivity contribution in [1.82, 2.24) is 9.62 Å². The van der Waals surface area contributed by atoms with Crippen molar-refractivity contribution in [3.05, 3.63) is 24.3 Å². The zero-order valence-corrected chi connectivity index (χ0v) is 16.7. The van der Waals surface area contributed by atoms with Gasteiger partial charge in [-0.25, -0.2) is 8.42 Å². The molecule has 3 rings (SSSR count). The predicted molar refractivity (Wildman–Crippen MR) is 97.0 cm³/mol. The van der Waals surface area contributed by atoms with Crippen LogP contribution in [0.5, 0.6) is 5.75 Å². The number of halogens is 3. The lowest BCUT2D eigenvalue weighted by atomic mass is 10.1. The number of amides is 1. The number of carbonyl (C=O) groups is 2. The summed E-state index contributed by atoms with van der Waals surface area (Å²) in [5.41, 5.74) is 0. The molecular formula is C18H21F3N2O6S. The van der Waals surface area contributed by atoms with Gasteiger partial charge in [0.15, 0.2) is 0 Å². The zero-order valence-electron chi connectivity index (χ0n) is 15.9. The van der Waals surface area contributed by atoms with E-state index in [0.29, 0.717) is 12.8 Å². The van der Waals surface area contributed by atoms with Crippen LogP contribution in [0.25, 0.3) is 0 Å². The van der Waals surface area contributed by atoms with Crippen molar-refractivity contribution in [2.24, 2.45) is 0 Å². The molecule has 166 valence electrons. The monoisotopic (exact) mass is 450 g/mol. The average molecular weight is 450 g/mol. The number of benzene rings is 1. The number of hydrogen-bond acceptors (Lipinski definition) is 6. The summed E-state index contributed by atoms with van der Waals surface area (Å²) in [5.74, 6) is -1.85. The molecule has 1 N–H and O–H groups in total. The summed E-state index contributed by atoms with van der Waals surface area (Å²) >= 11 is 0. The maximum atomic E-state index is 12.7. The summed E-state index contributed by atoms with van der Waals surface area (Å²) in [5, 5.41) is 2.58. The molecule has 2 fully saturated rings. The van der Waals surface area contributed by atoms with E-state index in [1.54, 1.807) is 0 Å². The molecule has 0 spiro atoms. The number of hydrogen-bond donors (Lipinski definition) is 1. The maximum absolute atomic E-state index is 12.7. The molecule has 0 radical (unpaired) electrons. The Kier molecular flexibility index (Phi) is 6.68. The normalized spacial score (nSPS) is 18.8. The van der Waals surface area contributed by atoms with E-state index < -0.39 is 33.8 Å². The fraction of sp³-hybridized carbons (Fsp3) is 0.556.